The summed E-state index contributed by atoms with van der Waals surface area (Å²) in [6.07, 6.45) is 0. The highest BCUT2D eigenvalue weighted by atomic mass is 32.1. The van der Waals surface area contributed by atoms with Gasteiger partial charge in [0.1, 0.15) is 4.88 Å². The molecule has 1 heterocycles. The monoisotopic (exact) mass is 334 g/mol. The van der Waals surface area contributed by atoms with Crippen molar-refractivity contribution < 1.29 is 19.1 Å². The zero-order valence-corrected chi connectivity index (χ0v) is 13.5. The molecule has 1 aromatic heterocycles. The van der Waals surface area contributed by atoms with Crippen molar-refractivity contribution in [3.8, 4) is 0 Å². The van der Waals surface area contributed by atoms with Crippen molar-refractivity contribution in [2.75, 3.05) is 14.2 Å². The van der Waals surface area contributed by atoms with Gasteiger partial charge in [0.2, 0.25) is 0 Å². The van der Waals surface area contributed by atoms with Crippen molar-refractivity contribution in [1.29, 1.82) is 0 Å². The van der Waals surface area contributed by atoms with Crippen LogP contribution in [0.4, 0.5) is 5.69 Å². The summed E-state index contributed by atoms with van der Waals surface area (Å²) in [4.78, 5) is 39.7. The number of ether oxygens (including phenoxy) is 2. The second-order valence-electron chi connectivity index (χ2n) is 4.43. The Morgan fingerprint density at radius 3 is 2.26 bits per heavy atom. The zero-order chi connectivity index (χ0) is 17.0. The van der Waals surface area contributed by atoms with E-state index in [4.69, 9.17) is 0 Å². The van der Waals surface area contributed by atoms with Gasteiger partial charge < -0.3 is 9.47 Å². The van der Waals surface area contributed by atoms with E-state index in [1.54, 1.807) is 31.3 Å². The molecule has 0 aliphatic heterocycles. The van der Waals surface area contributed by atoms with E-state index >= 15 is 0 Å². The molecule has 0 fully saturated rings. The highest BCUT2D eigenvalue weighted by Gasteiger charge is 2.10. The Kier molecular flexibility index (Phi) is 5.07. The summed E-state index contributed by atoms with van der Waals surface area (Å²) in [5.41, 5.74) is 0.562. The summed E-state index contributed by atoms with van der Waals surface area (Å²) in [6, 6.07) is 7.58. The van der Waals surface area contributed by atoms with Crippen molar-refractivity contribution in [2.24, 2.45) is 12.0 Å². The number of carbonyl (C=O) groups is 2. The lowest BCUT2D eigenvalue weighted by atomic mass is 10.2. The summed E-state index contributed by atoms with van der Waals surface area (Å²) in [7, 11) is 4.10. The molecule has 120 valence electrons. The number of carbonyl (C=O) groups excluding carboxylic acids is 2. The van der Waals surface area contributed by atoms with Crippen LogP contribution >= 0.6 is 11.3 Å². The molecule has 0 atom stereocenters. The molecule has 0 unspecified atom stereocenters. The second-order valence-corrected chi connectivity index (χ2v) is 5.44. The van der Waals surface area contributed by atoms with Crippen LogP contribution in [0.25, 0.3) is 0 Å². The van der Waals surface area contributed by atoms with Crippen LogP contribution in [-0.2, 0) is 16.5 Å². The molecule has 1 aromatic carbocycles. The Bertz CT molecular complexity index is 865. The van der Waals surface area contributed by atoms with Gasteiger partial charge in [-0.3, -0.25) is 9.36 Å². The quantitative estimate of drug-likeness (QED) is 0.789. The molecule has 0 aliphatic rings. The SMILES string of the molecule is COC(=O)c1ccc(N=c2sc(C(=O)OC)cc(=O)n2C)cc1. The van der Waals surface area contributed by atoms with Crippen LogP contribution in [0.3, 0.4) is 0 Å². The Hall–Kier alpha value is -2.74. The van der Waals surface area contributed by atoms with Crippen LogP contribution in [0.5, 0.6) is 0 Å². The zero-order valence-electron chi connectivity index (χ0n) is 12.7. The first-order valence-electron chi connectivity index (χ1n) is 6.49. The highest BCUT2D eigenvalue weighted by molar-refractivity contribution is 7.11. The lowest BCUT2D eigenvalue weighted by Gasteiger charge is -2.02. The first-order valence-corrected chi connectivity index (χ1v) is 7.30. The molecule has 0 radical (unpaired) electrons. The van der Waals surface area contributed by atoms with E-state index in [9.17, 15) is 14.4 Å². The van der Waals surface area contributed by atoms with Gasteiger partial charge in [0.05, 0.1) is 25.5 Å². The van der Waals surface area contributed by atoms with Gasteiger partial charge in [-0.1, -0.05) is 11.3 Å². The summed E-state index contributed by atoms with van der Waals surface area (Å²) in [6.45, 7) is 0. The minimum atomic E-state index is -0.592. The number of aromatic nitrogens is 1. The molecule has 23 heavy (non-hydrogen) atoms. The van der Waals surface area contributed by atoms with Crippen molar-refractivity contribution in [1.82, 2.24) is 4.57 Å². The fourth-order valence-corrected chi connectivity index (χ4v) is 2.60. The summed E-state index contributed by atoms with van der Waals surface area (Å²) < 4.78 is 10.6. The van der Waals surface area contributed by atoms with E-state index < -0.39 is 11.9 Å². The van der Waals surface area contributed by atoms with Crippen LogP contribution in [0.1, 0.15) is 20.0 Å². The summed E-state index contributed by atoms with van der Waals surface area (Å²) >= 11 is 1.04. The molecule has 2 aromatic rings. The lowest BCUT2D eigenvalue weighted by Crippen LogP contribution is -2.29. The van der Waals surface area contributed by atoms with E-state index in [0.29, 0.717) is 16.1 Å². The molecule has 0 N–H and O–H groups in total. The fraction of sp³-hybridized carbons (Fsp3) is 0.200. The molecule has 2 rings (SSSR count). The predicted molar refractivity (Wildman–Crippen MR) is 83.9 cm³/mol. The molecular formula is C15H14N2O5S. The number of rotatable bonds is 3. The van der Waals surface area contributed by atoms with Crippen LogP contribution < -0.4 is 10.4 Å². The van der Waals surface area contributed by atoms with Gasteiger partial charge in [-0.05, 0) is 24.3 Å². The summed E-state index contributed by atoms with van der Waals surface area (Å²) in [5, 5.41) is 0. The maximum Gasteiger partial charge on any atom is 0.348 e. The van der Waals surface area contributed by atoms with Gasteiger partial charge in [-0.25, -0.2) is 14.6 Å². The number of hydrogen-bond donors (Lipinski definition) is 0. The van der Waals surface area contributed by atoms with Crippen LogP contribution in [0.2, 0.25) is 0 Å². The van der Waals surface area contributed by atoms with E-state index in [-0.39, 0.29) is 10.4 Å². The third-order valence-electron chi connectivity index (χ3n) is 2.97. The Morgan fingerprint density at radius 1 is 1.09 bits per heavy atom. The molecule has 0 aliphatic carbocycles. The van der Waals surface area contributed by atoms with Crippen molar-refractivity contribution in [3.63, 3.8) is 0 Å². The van der Waals surface area contributed by atoms with Gasteiger partial charge in [0.25, 0.3) is 5.56 Å². The lowest BCUT2D eigenvalue weighted by molar-refractivity contribution is 0.0594. The van der Waals surface area contributed by atoms with Gasteiger partial charge in [-0.15, -0.1) is 0 Å². The molecule has 7 nitrogen and oxygen atoms in total. The number of benzene rings is 1. The molecule has 0 bridgehead atoms. The van der Waals surface area contributed by atoms with Gasteiger partial charge in [-0.2, -0.15) is 0 Å². The molecule has 0 amide bonds. The maximum atomic E-state index is 11.9. The second kappa shape index (κ2) is 7.01. The predicted octanol–water partition coefficient (Wildman–Crippen LogP) is 1.25. The largest absolute Gasteiger partial charge is 0.465 e. The van der Waals surface area contributed by atoms with Crippen molar-refractivity contribution >= 4 is 29.0 Å². The molecule has 0 saturated carbocycles. The topological polar surface area (TPSA) is 87.0 Å². The minimum Gasteiger partial charge on any atom is -0.465 e. The normalized spacial score (nSPS) is 11.2. The van der Waals surface area contributed by atoms with Gasteiger partial charge in [0.15, 0.2) is 4.80 Å². The van der Waals surface area contributed by atoms with Gasteiger partial charge >= 0.3 is 11.9 Å². The molecule has 0 saturated heterocycles. The van der Waals surface area contributed by atoms with Crippen molar-refractivity contribution in [3.05, 3.63) is 55.9 Å². The van der Waals surface area contributed by atoms with Crippen molar-refractivity contribution in [2.45, 2.75) is 0 Å². The first-order chi connectivity index (χ1) is 11.0. The van der Waals surface area contributed by atoms with Crippen LogP contribution in [0, 0.1) is 0 Å². The summed E-state index contributed by atoms with van der Waals surface area (Å²) in [5.74, 6) is -1.04. The molecule has 0 spiro atoms. The molecule has 8 heteroatoms. The minimum absolute atomic E-state index is 0.167. The number of hydrogen-bond acceptors (Lipinski definition) is 7. The fourth-order valence-electron chi connectivity index (χ4n) is 1.70. The van der Waals surface area contributed by atoms with Gasteiger partial charge in [0, 0.05) is 13.1 Å². The Morgan fingerprint density at radius 2 is 1.70 bits per heavy atom. The number of esters is 2. The van der Waals surface area contributed by atoms with Crippen LogP contribution in [-0.4, -0.2) is 30.7 Å². The smallest absolute Gasteiger partial charge is 0.348 e. The van der Waals surface area contributed by atoms with E-state index in [2.05, 4.69) is 14.5 Å². The average Bonchev–Trinajstić information content (AvgIpc) is 2.57. The van der Waals surface area contributed by atoms with E-state index in [0.717, 1.165) is 11.3 Å². The molecular weight excluding hydrogens is 320 g/mol. The van der Waals surface area contributed by atoms with E-state index in [1.165, 1.54) is 24.9 Å². The average molecular weight is 334 g/mol. The number of methoxy groups -OCH3 is 2. The maximum absolute atomic E-state index is 11.9. The Balaban J connectivity index is 2.50. The Labute approximate surface area is 135 Å². The van der Waals surface area contributed by atoms with E-state index in [1.807, 2.05) is 0 Å². The first kappa shape index (κ1) is 16.6. The van der Waals surface area contributed by atoms with Crippen LogP contribution in [0.15, 0.2) is 40.1 Å². The number of nitrogens with zero attached hydrogens (tertiary/aromatic N) is 2. The standard InChI is InChI=1S/C15H14N2O5S/c1-17-12(18)8-11(14(20)22-3)23-15(17)16-10-6-4-9(5-7-10)13(19)21-2/h4-8H,1-3H3. The highest BCUT2D eigenvalue weighted by Crippen LogP contribution is 2.13. The third kappa shape index (κ3) is 3.72. The third-order valence-corrected chi connectivity index (χ3v) is 4.03.